The van der Waals surface area contributed by atoms with Gasteiger partial charge in [0.05, 0.1) is 6.04 Å². The van der Waals surface area contributed by atoms with Gasteiger partial charge < -0.3 is 37.6 Å². The van der Waals surface area contributed by atoms with Crippen molar-refractivity contribution in [2.24, 2.45) is 17.4 Å². The maximum Gasteiger partial charge on any atom is 0.326 e. The Morgan fingerprint density at radius 3 is 1.83 bits per heavy atom. The summed E-state index contributed by atoms with van der Waals surface area (Å²) in [6.45, 7) is 3.78. The number of primary amides is 1. The molecule has 12 heteroatoms. The van der Waals surface area contributed by atoms with E-state index in [-0.39, 0.29) is 37.4 Å². The van der Waals surface area contributed by atoms with Crippen LogP contribution in [-0.4, -0.2) is 64.0 Å². The smallest absolute Gasteiger partial charge is 0.326 e. The number of carboxylic acids is 1. The van der Waals surface area contributed by atoms with Crippen LogP contribution in [0.3, 0.4) is 0 Å². The number of phenols is 1. The standard InChI is InChI=1S/C29H39N5O7/c1-17(2)14-21(30)26(37)32-22(12-13-25(31)36)27(38)33-23(15-19-8-10-20(35)11-9-19)28(39)34-24(29(40)41)16-18-6-4-3-5-7-18/h3-11,17,21-24,35H,12-16,30H2,1-2H3,(H2,31,36)(H,32,37)(H,33,38)(H,34,39)(H,40,41). The molecule has 2 rings (SSSR count). The number of hydrogen-bond acceptors (Lipinski definition) is 7. The molecule has 222 valence electrons. The number of hydrogen-bond donors (Lipinski definition) is 7. The second-order valence-electron chi connectivity index (χ2n) is 10.3. The molecule has 0 aliphatic rings. The lowest BCUT2D eigenvalue weighted by Crippen LogP contribution is -2.58. The van der Waals surface area contributed by atoms with Crippen molar-refractivity contribution in [2.75, 3.05) is 0 Å². The van der Waals surface area contributed by atoms with Gasteiger partial charge in [-0.2, -0.15) is 0 Å². The SMILES string of the molecule is CC(C)CC(N)C(=O)NC(CCC(N)=O)C(=O)NC(Cc1ccc(O)cc1)C(=O)NC(Cc1ccccc1)C(=O)O. The summed E-state index contributed by atoms with van der Waals surface area (Å²) in [5, 5.41) is 27.0. The van der Waals surface area contributed by atoms with Gasteiger partial charge in [-0.05, 0) is 42.0 Å². The Morgan fingerprint density at radius 2 is 1.27 bits per heavy atom. The van der Waals surface area contributed by atoms with Gasteiger partial charge in [-0.25, -0.2) is 4.79 Å². The fourth-order valence-corrected chi connectivity index (χ4v) is 4.12. The molecule has 0 radical (unpaired) electrons. The Hall–Kier alpha value is -4.45. The monoisotopic (exact) mass is 569 g/mol. The molecule has 41 heavy (non-hydrogen) atoms. The van der Waals surface area contributed by atoms with Gasteiger partial charge in [-0.15, -0.1) is 0 Å². The molecule has 4 atom stereocenters. The summed E-state index contributed by atoms with van der Waals surface area (Å²) < 4.78 is 0. The lowest BCUT2D eigenvalue weighted by atomic mass is 10.0. The van der Waals surface area contributed by atoms with E-state index in [0.29, 0.717) is 17.5 Å². The lowest BCUT2D eigenvalue weighted by Gasteiger charge is -2.25. The first kappa shape index (κ1) is 32.8. The summed E-state index contributed by atoms with van der Waals surface area (Å²) in [7, 11) is 0. The van der Waals surface area contributed by atoms with Crippen molar-refractivity contribution in [1.29, 1.82) is 0 Å². The zero-order valence-electron chi connectivity index (χ0n) is 23.2. The van der Waals surface area contributed by atoms with E-state index in [2.05, 4.69) is 16.0 Å². The molecule has 2 aromatic rings. The zero-order chi connectivity index (χ0) is 30.5. The number of phenolic OH excluding ortho intramolecular Hbond substituents is 1. The summed E-state index contributed by atoms with van der Waals surface area (Å²) in [5.74, 6) is -3.98. The van der Waals surface area contributed by atoms with E-state index in [9.17, 15) is 34.2 Å². The summed E-state index contributed by atoms with van der Waals surface area (Å²) in [5.41, 5.74) is 12.5. The number of carbonyl (C=O) groups is 5. The van der Waals surface area contributed by atoms with Crippen LogP contribution in [0.4, 0.5) is 0 Å². The van der Waals surface area contributed by atoms with Crippen molar-refractivity contribution in [2.45, 2.75) is 70.1 Å². The van der Waals surface area contributed by atoms with Crippen LogP contribution in [0.15, 0.2) is 54.6 Å². The number of nitrogens with one attached hydrogen (secondary N) is 3. The average Bonchev–Trinajstić information content (AvgIpc) is 2.91. The van der Waals surface area contributed by atoms with Crippen LogP contribution in [0.25, 0.3) is 0 Å². The van der Waals surface area contributed by atoms with Crippen LogP contribution >= 0.6 is 0 Å². The number of rotatable bonds is 16. The van der Waals surface area contributed by atoms with Crippen molar-refractivity contribution in [1.82, 2.24) is 16.0 Å². The van der Waals surface area contributed by atoms with Gasteiger partial charge in [0.25, 0.3) is 0 Å². The van der Waals surface area contributed by atoms with Crippen molar-refractivity contribution in [3.63, 3.8) is 0 Å². The Bertz CT molecular complexity index is 1190. The predicted molar refractivity (Wildman–Crippen MR) is 151 cm³/mol. The molecule has 0 spiro atoms. The third kappa shape index (κ3) is 11.7. The minimum Gasteiger partial charge on any atom is -0.508 e. The Kier molecular flexibility index (Phi) is 12.8. The molecule has 4 amide bonds. The Balaban J connectivity index is 2.28. The number of aromatic hydroxyl groups is 1. The third-order valence-electron chi connectivity index (χ3n) is 6.28. The van der Waals surface area contributed by atoms with E-state index in [0.717, 1.165) is 0 Å². The molecule has 0 aromatic heterocycles. The number of nitrogens with two attached hydrogens (primary N) is 2. The first-order valence-corrected chi connectivity index (χ1v) is 13.3. The minimum absolute atomic E-state index is 0.000413. The second kappa shape index (κ2) is 16.0. The molecule has 0 aliphatic heterocycles. The van der Waals surface area contributed by atoms with E-state index in [1.165, 1.54) is 12.1 Å². The first-order chi connectivity index (χ1) is 19.3. The number of amides is 4. The largest absolute Gasteiger partial charge is 0.508 e. The van der Waals surface area contributed by atoms with E-state index in [1.54, 1.807) is 42.5 Å². The van der Waals surface area contributed by atoms with E-state index in [1.807, 2.05) is 13.8 Å². The number of carboxylic acid groups (broad SMARTS) is 1. The fraction of sp³-hybridized carbons (Fsp3) is 0.414. The maximum absolute atomic E-state index is 13.4. The van der Waals surface area contributed by atoms with E-state index >= 15 is 0 Å². The molecule has 4 unspecified atom stereocenters. The van der Waals surface area contributed by atoms with Gasteiger partial charge in [0.2, 0.25) is 23.6 Å². The minimum atomic E-state index is -1.29. The van der Waals surface area contributed by atoms with Crippen LogP contribution < -0.4 is 27.4 Å². The van der Waals surface area contributed by atoms with Crippen LogP contribution in [0.1, 0.15) is 44.2 Å². The number of benzene rings is 2. The molecule has 0 saturated carbocycles. The maximum atomic E-state index is 13.4. The summed E-state index contributed by atoms with van der Waals surface area (Å²) in [6.07, 6.45) is -0.0447. The molecule has 2 aromatic carbocycles. The first-order valence-electron chi connectivity index (χ1n) is 13.3. The lowest BCUT2D eigenvalue weighted by molar-refractivity contribution is -0.142. The Morgan fingerprint density at radius 1 is 0.756 bits per heavy atom. The molecular formula is C29H39N5O7. The number of aliphatic carboxylic acids is 1. The quantitative estimate of drug-likeness (QED) is 0.149. The van der Waals surface area contributed by atoms with Crippen LogP contribution in [0, 0.1) is 5.92 Å². The molecule has 0 fully saturated rings. The second-order valence-corrected chi connectivity index (χ2v) is 10.3. The molecular weight excluding hydrogens is 530 g/mol. The highest BCUT2D eigenvalue weighted by Gasteiger charge is 2.31. The highest BCUT2D eigenvalue weighted by Crippen LogP contribution is 2.13. The molecule has 9 N–H and O–H groups in total. The molecule has 12 nitrogen and oxygen atoms in total. The van der Waals surface area contributed by atoms with Gasteiger partial charge in [0.1, 0.15) is 23.9 Å². The van der Waals surface area contributed by atoms with Gasteiger partial charge >= 0.3 is 5.97 Å². The van der Waals surface area contributed by atoms with Crippen molar-refractivity contribution in [3.05, 3.63) is 65.7 Å². The Labute approximate surface area is 238 Å². The van der Waals surface area contributed by atoms with Gasteiger partial charge in [0.15, 0.2) is 0 Å². The summed E-state index contributed by atoms with van der Waals surface area (Å²) >= 11 is 0. The predicted octanol–water partition coefficient (Wildman–Crippen LogP) is 0.355. The average molecular weight is 570 g/mol. The summed E-state index contributed by atoms with van der Waals surface area (Å²) in [6, 6.07) is 9.98. The topological polar surface area (TPSA) is 214 Å². The van der Waals surface area contributed by atoms with E-state index < -0.39 is 53.8 Å². The molecule has 0 bridgehead atoms. The van der Waals surface area contributed by atoms with Gasteiger partial charge in [0, 0.05) is 19.3 Å². The van der Waals surface area contributed by atoms with Gasteiger partial charge in [-0.3, -0.25) is 19.2 Å². The molecule has 0 heterocycles. The van der Waals surface area contributed by atoms with Crippen molar-refractivity contribution < 1.29 is 34.2 Å². The fourth-order valence-electron chi connectivity index (χ4n) is 4.12. The van der Waals surface area contributed by atoms with Crippen molar-refractivity contribution in [3.8, 4) is 5.75 Å². The van der Waals surface area contributed by atoms with Gasteiger partial charge in [-0.1, -0.05) is 56.3 Å². The molecule has 0 aliphatic carbocycles. The highest BCUT2D eigenvalue weighted by molar-refractivity contribution is 5.94. The summed E-state index contributed by atoms with van der Waals surface area (Å²) in [4.78, 5) is 62.8. The normalized spacial score (nSPS) is 13.9. The zero-order valence-corrected chi connectivity index (χ0v) is 23.2. The van der Waals surface area contributed by atoms with Crippen LogP contribution in [0.5, 0.6) is 5.75 Å². The van der Waals surface area contributed by atoms with Crippen molar-refractivity contribution >= 4 is 29.6 Å². The number of carbonyl (C=O) groups excluding carboxylic acids is 4. The highest BCUT2D eigenvalue weighted by atomic mass is 16.4. The van der Waals surface area contributed by atoms with Crippen LogP contribution in [-0.2, 0) is 36.8 Å². The molecule has 0 saturated heterocycles. The van der Waals surface area contributed by atoms with E-state index in [4.69, 9.17) is 11.5 Å². The van der Waals surface area contributed by atoms with Crippen LogP contribution in [0.2, 0.25) is 0 Å². The third-order valence-corrected chi connectivity index (χ3v) is 6.28.